The normalized spacial score (nSPS) is 17.1. The number of anilines is 1. The number of imide groups is 1. The smallest absolute Gasteiger partial charge is 0.235 e. The lowest BCUT2D eigenvalue weighted by Crippen LogP contribution is -2.57. The zero-order valence-corrected chi connectivity index (χ0v) is 25.0. The lowest BCUT2D eigenvalue weighted by Gasteiger charge is -2.45. The summed E-state index contributed by atoms with van der Waals surface area (Å²) in [7, 11) is 0. The molecule has 1 aromatic carbocycles. The van der Waals surface area contributed by atoms with Crippen LogP contribution in [0.15, 0.2) is 24.3 Å². The van der Waals surface area contributed by atoms with Crippen LogP contribution < -0.4 is 10.6 Å². The van der Waals surface area contributed by atoms with Crippen molar-refractivity contribution in [2.45, 2.75) is 99.0 Å². The van der Waals surface area contributed by atoms with Gasteiger partial charge in [-0.25, -0.2) is 0 Å². The number of hydrogen-bond acceptors (Lipinski definition) is 5. The van der Waals surface area contributed by atoms with Gasteiger partial charge in [-0.1, -0.05) is 52.7 Å². The van der Waals surface area contributed by atoms with E-state index >= 15 is 0 Å². The van der Waals surface area contributed by atoms with E-state index in [0.29, 0.717) is 18.7 Å². The molecule has 0 spiro atoms. The summed E-state index contributed by atoms with van der Waals surface area (Å²) in [5, 5.41) is 6.10. The molecule has 1 aromatic rings. The van der Waals surface area contributed by atoms with Gasteiger partial charge in [0.2, 0.25) is 23.6 Å². The molecule has 39 heavy (non-hydrogen) atoms. The van der Waals surface area contributed by atoms with Gasteiger partial charge >= 0.3 is 0 Å². The molecule has 1 saturated carbocycles. The van der Waals surface area contributed by atoms with Crippen molar-refractivity contribution in [1.29, 1.82) is 0 Å². The highest BCUT2D eigenvalue weighted by Gasteiger charge is 2.49. The molecule has 8 nitrogen and oxygen atoms in total. The predicted octanol–water partition coefficient (Wildman–Crippen LogP) is 4.82. The molecule has 2 aliphatic rings. The van der Waals surface area contributed by atoms with E-state index in [1.807, 2.05) is 79.7 Å². The van der Waals surface area contributed by atoms with Crippen LogP contribution in [0.25, 0.3) is 0 Å². The molecule has 8 heteroatoms. The molecule has 1 saturated heterocycles. The molecule has 216 valence electrons. The second kappa shape index (κ2) is 11.4. The zero-order valence-electron chi connectivity index (χ0n) is 25.0. The third-order valence-electron chi connectivity index (χ3n) is 8.90. The van der Waals surface area contributed by atoms with Crippen LogP contribution >= 0.6 is 0 Å². The van der Waals surface area contributed by atoms with Crippen molar-refractivity contribution >= 4 is 29.3 Å². The van der Waals surface area contributed by atoms with Crippen LogP contribution in [0.3, 0.4) is 0 Å². The second-order valence-corrected chi connectivity index (χ2v) is 13.6. The van der Waals surface area contributed by atoms with Crippen LogP contribution in [-0.4, -0.2) is 54.3 Å². The van der Waals surface area contributed by atoms with Crippen LogP contribution in [0.2, 0.25) is 0 Å². The van der Waals surface area contributed by atoms with Gasteiger partial charge in [0.05, 0.1) is 29.5 Å². The maximum absolute atomic E-state index is 13.1. The zero-order chi connectivity index (χ0) is 29.2. The summed E-state index contributed by atoms with van der Waals surface area (Å²) in [5.74, 6) is -0.484. The Hall–Kier alpha value is -2.74. The molecule has 0 atom stereocenters. The first-order valence-electron chi connectivity index (χ1n) is 14.1. The molecular formula is C31H47N3O5. The average Bonchev–Trinajstić information content (AvgIpc) is 3.36. The van der Waals surface area contributed by atoms with Crippen LogP contribution in [0.4, 0.5) is 5.69 Å². The fourth-order valence-corrected chi connectivity index (χ4v) is 4.91. The summed E-state index contributed by atoms with van der Waals surface area (Å²) in [6, 6.07) is 7.75. The predicted molar refractivity (Wildman–Crippen MR) is 152 cm³/mol. The first-order chi connectivity index (χ1) is 18.0. The van der Waals surface area contributed by atoms with Crippen molar-refractivity contribution < 1.29 is 23.9 Å². The monoisotopic (exact) mass is 541 g/mol. The van der Waals surface area contributed by atoms with E-state index in [4.69, 9.17) is 4.74 Å². The summed E-state index contributed by atoms with van der Waals surface area (Å²) in [5.41, 5.74) is -1.26. The Kier molecular flexibility index (Phi) is 9.00. The maximum atomic E-state index is 13.1. The number of nitrogens with one attached hydrogen (secondary N) is 2. The number of likely N-dealkylation sites (tertiary alicyclic amines) is 1. The van der Waals surface area contributed by atoms with Gasteiger partial charge < -0.3 is 15.4 Å². The molecule has 1 heterocycles. The van der Waals surface area contributed by atoms with Crippen molar-refractivity contribution in [3.63, 3.8) is 0 Å². The minimum atomic E-state index is -0.811. The Bertz CT molecular complexity index is 1080. The minimum Gasteiger partial charge on any atom is -0.379 e. The highest BCUT2D eigenvalue weighted by atomic mass is 16.5. The molecule has 1 aliphatic heterocycles. The van der Waals surface area contributed by atoms with Crippen molar-refractivity contribution in [2.24, 2.45) is 16.2 Å². The highest BCUT2D eigenvalue weighted by Crippen LogP contribution is 2.43. The molecular weight excluding hydrogens is 494 g/mol. The summed E-state index contributed by atoms with van der Waals surface area (Å²) in [6.07, 6.45) is 4.80. The summed E-state index contributed by atoms with van der Waals surface area (Å²) in [6.45, 7) is 16.0. The largest absolute Gasteiger partial charge is 0.379 e. The Morgan fingerprint density at radius 3 is 1.90 bits per heavy atom. The Balaban J connectivity index is 1.55. The number of amides is 4. The van der Waals surface area contributed by atoms with Gasteiger partial charge in [0.1, 0.15) is 0 Å². The Morgan fingerprint density at radius 2 is 1.41 bits per heavy atom. The van der Waals surface area contributed by atoms with Gasteiger partial charge in [-0.2, -0.15) is 0 Å². The van der Waals surface area contributed by atoms with E-state index in [1.165, 1.54) is 4.90 Å². The Labute approximate surface area is 233 Å². The van der Waals surface area contributed by atoms with Crippen LogP contribution in [0.5, 0.6) is 0 Å². The molecule has 2 N–H and O–H groups in total. The fraction of sp³-hybridized carbons (Fsp3) is 0.677. The lowest BCUT2D eigenvalue weighted by atomic mass is 9.63. The van der Waals surface area contributed by atoms with Gasteiger partial charge in [0, 0.05) is 30.1 Å². The van der Waals surface area contributed by atoms with Gasteiger partial charge in [-0.3, -0.25) is 24.1 Å². The molecule has 0 aromatic heterocycles. The van der Waals surface area contributed by atoms with Crippen molar-refractivity contribution in [3.8, 4) is 0 Å². The quantitative estimate of drug-likeness (QED) is 0.391. The Morgan fingerprint density at radius 1 is 0.872 bits per heavy atom. The second-order valence-electron chi connectivity index (χ2n) is 13.6. The number of benzene rings is 1. The van der Waals surface area contributed by atoms with Crippen molar-refractivity contribution in [1.82, 2.24) is 10.2 Å². The third kappa shape index (κ3) is 6.71. The van der Waals surface area contributed by atoms with E-state index in [1.54, 1.807) is 0 Å². The molecule has 3 rings (SSSR count). The number of nitrogens with zero attached hydrogens (tertiary/aromatic N) is 1. The number of rotatable bonds is 11. The summed E-state index contributed by atoms with van der Waals surface area (Å²) in [4.78, 5) is 52.1. The van der Waals surface area contributed by atoms with E-state index < -0.39 is 21.7 Å². The summed E-state index contributed by atoms with van der Waals surface area (Å²) >= 11 is 0. The molecule has 4 amide bonds. The topological polar surface area (TPSA) is 105 Å². The lowest BCUT2D eigenvalue weighted by molar-refractivity contribution is -0.160. The summed E-state index contributed by atoms with van der Waals surface area (Å²) < 4.78 is 5.89. The minimum absolute atomic E-state index is 0.0129. The van der Waals surface area contributed by atoms with Crippen molar-refractivity contribution in [3.05, 3.63) is 29.8 Å². The first kappa shape index (κ1) is 30.8. The first-order valence-corrected chi connectivity index (χ1v) is 14.1. The average molecular weight is 542 g/mol. The molecule has 1 aliphatic carbocycles. The SMILES string of the molecule is CC(C)(COCC(C)(C)C(=O)NC1CCCC1)C(=O)Nc1ccc(C(C)(C)C(C)(C)C(=O)N2CCC2=O)cc1. The van der Waals surface area contributed by atoms with Crippen LogP contribution in [0.1, 0.15) is 93.1 Å². The molecule has 0 unspecified atom stereocenters. The third-order valence-corrected chi connectivity index (χ3v) is 8.90. The van der Waals surface area contributed by atoms with E-state index in [-0.39, 0.29) is 42.9 Å². The standard InChI is InChI=1S/C31H47N3O5/c1-28(2,25(36)32-22-11-9-10-12-22)19-39-20-29(3,4)26(37)33-23-15-13-21(14-16-23)30(5,6)31(7,8)27(38)34-18-17-24(34)35/h13-16,22H,9-12,17-20H2,1-8H3,(H,32,36)(H,33,37). The maximum Gasteiger partial charge on any atom is 0.235 e. The molecule has 0 bridgehead atoms. The van der Waals surface area contributed by atoms with Gasteiger partial charge in [-0.05, 0) is 58.2 Å². The van der Waals surface area contributed by atoms with Crippen LogP contribution in [-0.2, 0) is 29.3 Å². The number of carbonyl (C=O) groups excluding carboxylic acids is 4. The van der Waals surface area contributed by atoms with Gasteiger partial charge in [0.25, 0.3) is 0 Å². The van der Waals surface area contributed by atoms with Gasteiger partial charge in [0.15, 0.2) is 0 Å². The van der Waals surface area contributed by atoms with E-state index in [0.717, 1.165) is 31.2 Å². The number of hydrogen-bond donors (Lipinski definition) is 2. The number of ether oxygens (including phenoxy) is 1. The fourth-order valence-electron chi connectivity index (χ4n) is 4.91. The van der Waals surface area contributed by atoms with Gasteiger partial charge in [-0.15, -0.1) is 0 Å². The molecule has 0 radical (unpaired) electrons. The number of β-lactam (4-membered cyclic amide) rings is 1. The van der Waals surface area contributed by atoms with Crippen LogP contribution in [0, 0.1) is 16.2 Å². The van der Waals surface area contributed by atoms with E-state index in [2.05, 4.69) is 10.6 Å². The highest BCUT2D eigenvalue weighted by molar-refractivity contribution is 6.02. The molecule has 2 fully saturated rings. The van der Waals surface area contributed by atoms with Crippen molar-refractivity contribution in [2.75, 3.05) is 25.1 Å². The number of carbonyl (C=O) groups is 4. The van der Waals surface area contributed by atoms with E-state index in [9.17, 15) is 19.2 Å².